The van der Waals surface area contributed by atoms with E-state index in [9.17, 15) is 13.5 Å². The van der Waals surface area contributed by atoms with Gasteiger partial charge in [0.2, 0.25) is 0 Å². The quantitative estimate of drug-likeness (QED) is 0.857. The third-order valence-electron chi connectivity index (χ3n) is 3.16. The molecule has 1 heterocycles. The Hall–Kier alpha value is -1.05. The summed E-state index contributed by atoms with van der Waals surface area (Å²) >= 11 is 4.71. The zero-order valence-electron chi connectivity index (χ0n) is 11.9. The van der Waals surface area contributed by atoms with Crippen LogP contribution in [-0.2, 0) is 10.0 Å². The lowest BCUT2D eigenvalue weighted by Crippen LogP contribution is -2.31. The second-order valence-corrected chi connectivity index (χ2v) is 9.08. The number of hydrogen-bond donors (Lipinski definition) is 1. The molecule has 1 aromatic heterocycles. The Kier molecular flexibility index (Phi) is 4.65. The van der Waals surface area contributed by atoms with Crippen LogP contribution in [0.3, 0.4) is 0 Å². The third kappa shape index (κ3) is 3.09. The summed E-state index contributed by atoms with van der Waals surface area (Å²) in [6.45, 7) is 5.67. The van der Waals surface area contributed by atoms with Gasteiger partial charge in [-0.1, -0.05) is 6.07 Å². The Balaban J connectivity index is 2.60. The molecular weight excluding hydrogens is 374 g/mol. The van der Waals surface area contributed by atoms with Gasteiger partial charge in [-0.3, -0.25) is 4.31 Å². The molecule has 2 aromatic rings. The fourth-order valence-corrected chi connectivity index (χ4v) is 6.06. The van der Waals surface area contributed by atoms with E-state index >= 15 is 0 Å². The molecule has 114 valence electrons. The van der Waals surface area contributed by atoms with Crippen molar-refractivity contribution in [2.75, 3.05) is 10.8 Å². The standard InChI is InChI=1S/C14H16BrNO3S2/c1-4-16(12-7-11(17)6-5-9(12)2)21(18,19)13-8-14(15)20-10(13)3/h5-8,17H,4H2,1-3H3. The number of anilines is 1. The zero-order valence-corrected chi connectivity index (χ0v) is 15.1. The fourth-order valence-electron chi connectivity index (χ4n) is 2.14. The highest BCUT2D eigenvalue weighted by atomic mass is 79.9. The van der Waals surface area contributed by atoms with E-state index in [1.807, 2.05) is 6.92 Å². The van der Waals surface area contributed by atoms with Crippen LogP contribution < -0.4 is 4.31 Å². The normalized spacial score (nSPS) is 11.6. The number of aryl methyl sites for hydroxylation is 2. The molecule has 0 saturated heterocycles. The number of hydrogen-bond acceptors (Lipinski definition) is 4. The van der Waals surface area contributed by atoms with Crippen LogP contribution in [0.5, 0.6) is 5.75 Å². The lowest BCUT2D eigenvalue weighted by Gasteiger charge is -2.24. The molecule has 1 N–H and O–H groups in total. The van der Waals surface area contributed by atoms with Crippen molar-refractivity contribution >= 4 is 43.0 Å². The van der Waals surface area contributed by atoms with Crippen LogP contribution in [0.2, 0.25) is 0 Å². The van der Waals surface area contributed by atoms with E-state index in [4.69, 9.17) is 0 Å². The molecule has 0 unspecified atom stereocenters. The minimum atomic E-state index is -3.65. The summed E-state index contributed by atoms with van der Waals surface area (Å²) in [5, 5.41) is 9.65. The summed E-state index contributed by atoms with van der Waals surface area (Å²) in [7, 11) is -3.65. The molecule has 0 radical (unpaired) electrons. The van der Waals surface area contributed by atoms with Gasteiger partial charge in [-0.2, -0.15) is 0 Å². The van der Waals surface area contributed by atoms with Gasteiger partial charge in [0.1, 0.15) is 10.6 Å². The first-order valence-corrected chi connectivity index (χ1v) is 9.40. The van der Waals surface area contributed by atoms with Gasteiger partial charge in [0.25, 0.3) is 10.0 Å². The lowest BCUT2D eigenvalue weighted by molar-refractivity contribution is 0.475. The Morgan fingerprint density at radius 2 is 1.95 bits per heavy atom. The maximum Gasteiger partial charge on any atom is 0.265 e. The van der Waals surface area contributed by atoms with Crippen LogP contribution in [-0.4, -0.2) is 20.1 Å². The zero-order chi connectivity index (χ0) is 15.8. The number of nitrogens with zero attached hydrogens (tertiary/aromatic N) is 1. The predicted molar refractivity (Wildman–Crippen MR) is 89.8 cm³/mol. The molecule has 0 amide bonds. The van der Waals surface area contributed by atoms with E-state index in [0.29, 0.717) is 17.1 Å². The molecule has 0 spiro atoms. The van der Waals surface area contributed by atoms with Crippen LogP contribution in [0.4, 0.5) is 5.69 Å². The SMILES string of the molecule is CCN(c1cc(O)ccc1C)S(=O)(=O)c1cc(Br)sc1C. The van der Waals surface area contributed by atoms with Crippen molar-refractivity contribution < 1.29 is 13.5 Å². The fraction of sp³-hybridized carbons (Fsp3) is 0.286. The Morgan fingerprint density at radius 1 is 1.29 bits per heavy atom. The van der Waals surface area contributed by atoms with Crippen LogP contribution in [0.15, 0.2) is 32.9 Å². The summed E-state index contributed by atoms with van der Waals surface area (Å²) in [4.78, 5) is 1.03. The van der Waals surface area contributed by atoms with Crippen LogP contribution in [0.1, 0.15) is 17.4 Å². The highest BCUT2D eigenvalue weighted by Gasteiger charge is 2.28. The smallest absolute Gasteiger partial charge is 0.265 e. The van der Waals surface area contributed by atoms with Gasteiger partial charge < -0.3 is 5.11 Å². The average Bonchev–Trinajstić information content (AvgIpc) is 2.74. The maximum atomic E-state index is 12.9. The number of benzene rings is 1. The van der Waals surface area contributed by atoms with Crippen LogP contribution in [0, 0.1) is 13.8 Å². The van der Waals surface area contributed by atoms with E-state index in [2.05, 4.69) is 15.9 Å². The molecule has 0 aliphatic heterocycles. The number of phenols is 1. The summed E-state index contributed by atoms with van der Waals surface area (Å²) in [5.74, 6) is 0.0486. The first-order valence-electron chi connectivity index (χ1n) is 6.35. The second kappa shape index (κ2) is 5.98. The molecule has 21 heavy (non-hydrogen) atoms. The van der Waals surface area contributed by atoms with Crippen LogP contribution >= 0.6 is 27.3 Å². The molecule has 4 nitrogen and oxygen atoms in total. The van der Waals surface area contributed by atoms with E-state index in [-0.39, 0.29) is 5.75 Å². The summed E-state index contributed by atoms with van der Waals surface area (Å²) in [5.41, 5.74) is 1.30. The molecule has 0 saturated carbocycles. The predicted octanol–water partition coefficient (Wildman–Crippen LogP) is 4.05. The number of phenolic OH excluding ortho intramolecular Hbond substituents is 1. The monoisotopic (exact) mass is 389 g/mol. The van der Waals surface area contributed by atoms with Crippen LogP contribution in [0.25, 0.3) is 0 Å². The molecule has 0 bridgehead atoms. The molecule has 0 atom stereocenters. The van der Waals surface area contributed by atoms with Crippen molar-refractivity contribution in [1.29, 1.82) is 0 Å². The van der Waals surface area contributed by atoms with Crippen molar-refractivity contribution in [2.24, 2.45) is 0 Å². The summed E-state index contributed by atoms with van der Waals surface area (Å²) in [6.07, 6.45) is 0. The van der Waals surface area contributed by atoms with Crippen molar-refractivity contribution in [3.63, 3.8) is 0 Å². The minimum Gasteiger partial charge on any atom is -0.508 e. The molecule has 0 aliphatic carbocycles. The first kappa shape index (κ1) is 16.3. The van der Waals surface area contributed by atoms with E-state index in [1.54, 1.807) is 32.0 Å². The number of rotatable bonds is 4. The van der Waals surface area contributed by atoms with Gasteiger partial charge in [0.05, 0.1) is 9.47 Å². The van der Waals surface area contributed by atoms with E-state index in [0.717, 1.165) is 14.2 Å². The van der Waals surface area contributed by atoms with Crippen molar-refractivity contribution in [3.8, 4) is 5.75 Å². The summed E-state index contributed by atoms with van der Waals surface area (Å²) < 4.78 is 27.9. The van der Waals surface area contributed by atoms with Gasteiger partial charge in [0, 0.05) is 17.5 Å². The van der Waals surface area contributed by atoms with E-state index in [1.165, 1.54) is 21.7 Å². The van der Waals surface area contributed by atoms with Crippen molar-refractivity contribution in [1.82, 2.24) is 0 Å². The van der Waals surface area contributed by atoms with Gasteiger partial charge in [-0.25, -0.2) is 8.42 Å². The molecular formula is C14H16BrNO3S2. The summed E-state index contributed by atoms with van der Waals surface area (Å²) in [6, 6.07) is 6.36. The Morgan fingerprint density at radius 3 is 2.48 bits per heavy atom. The molecule has 2 rings (SSSR count). The van der Waals surface area contributed by atoms with Crippen molar-refractivity contribution in [3.05, 3.63) is 38.5 Å². The lowest BCUT2D eigenvalue weighted by atomic mass is 10.2. The average molecular weight is 390 g/mol. The largest absolute Gasteiger partial charge is 0.508 e. The van der Waals surface area contributed by atoms with E-state index < -0.39 is 10.0 Å². The van der Waals surface area contributed by atoms with Gasteiger partial charge in [-0.05, 0) is 54.4 Å². The number of sulfonamides is 1. The van der Waals surface area contributed by atoms with Gasteiger partial charge in [0.15, 0.2) is 0 Å². The molecule has 0 fully saturated rings. The molecule has 1 aromatic carbocycles. The van der Waals surface area contributed by atoms with Gasteiger partial charge >= 0.3 is 0 Å². The number of halogens is 1. The highest BCUT2D eigenvalue weighted by Crippen LogP contribution is 2.35. The Labute approximate surface area is 137 Å². The first-order chi connectivity index (χ1) is 9.77. The molecule has 7 heteroatoms. The highest BCUT2D eigenvalue weighted by molar-refractivity contribution is 9.11. The molecule has 0 aliphatic rings. The number of thiophene rings is 1. The Bertz CT molecular complexity index is 769. The maximum absolute atomic E-state index is 12.9. The van der Waals surface area contributed by atoms with Gasteiger partial charge in [-0.15, -0.1) is 11.3 Å². The number of aromatic hydroxyl groups is 1. The van der Waals surface area contributed by atoms with Crippen molar-refractivity contribution in [2.45, 2.75) is 25.7 Å². The topological polar surface area (TPSA) is 57.6 Å². The minimum absolute atomic E-state index is 0.0486. The third-order valence-corrected chi connectivity index (χ3v) is 6.86. The second-order valence-electron chi connectivity index (χ2n) is 4.61.